The third-order valence-corrected chi connectivity index (χ3v) is 2.66. The molecule has 3 heteroatoms. The first-order valence-electron chi connectivity index (χ1n) is 6.84. The molecule has 0 amide bonds. The summed E-state index contributed by atoms with van der Waals surface area (Å²) in [6, 6.07) is 6.79. The number of hydrogen-bond acceptors (Lipinski definition) is 3. The summed E-state index contributed by atoms with van der Waals surface area (Å²) in [5.41, 5.74) is 2.28. The number of hydrogen-bond donors (Lipinski definition) is 1. The molecule has 0 unspecified atom stereocenters. The fraction of sp³-hybridized carbons (Fsp3) is 0.667. The van der Waals surface area contributed by atoms with Crippen LogP contribution in [0, 0.1) is 5.92 Å². The first-order chi connectivity index (χ1) is 8.47. The molecule has 0 atom stereocenters. The number of pyridine rings is 1. The van der Waals surface area contributed by atoms with Crippen molar-refractivity contribution in [2.45, 2.75) is 46.8 Å². The van der Waals surface area contributed by atoms with Crippen LogP contribution in [0.25, 0.3) is 0 Å². The largest absolute Gasteiger partial charge is 0.309 e. The van der Waals surface area contributed by atoms with Crippen molar-refractivity contribution >= 4 is 0 Å². The summed E-state index contributed by atoms with van der Waals surface area (Å²) in [5, 5.41) is 3.40. The lowest BCUT2D eigenvalue weighted by atomic mass is 10.2. The van der Waals surface area contributed by atoms with Crippen molar-refractivity contribution in [3.8, 4) is 0 Å². The van der Waals surface area contributed by atoms with Gasteiger partial charge in [-0.1, -0.05) is 33.8 Å². The summed E-state index contributed by atoms with van der Waals surface area (Å²) >= 11 is 0. The van der Waals surface area contributed by atoms with Gasteiger partial charge in [0, 0.05) is 25.7 Å². The van der Waals surface area contributed by atoms with Gasteiger partial charge < -0.3 is 10.2 Å². The van der Waals surface area contributed by atoms with Crippen molar-refractivity contribution in [3.05, 3.63) is 29.6 Å². The zero-order valence-corrected chi connectivity index (χ0v) is 12.4. The molecule has 1 rings (SSSR count). The van der Waals surface area contributed by atoms with E-state index < -0.39 is 0 Å². The molecule has 1 aromatic heterocycles. The van der Waals surface area contributed by atoms with Crippen molar-refractivity contribution in [1.82, 2.24) is 15.2 Å². The monoisotopic (exact) mass is 249 g/mol. The molecule has 1 N–H and O–H groups in total. The van der Waals surface area contributed by atoms with Gasteiger partial charge in [-0.3, -0.25) is 4.98 Å². The molecule has 102 valence electrons. The van der Waals surface area contributed by atoms with Gasteiger partial charge in [-0.25, -0.2) is 0 Å². The first kappa shape index (κ1) is 15.1. The van der Waals surface area contributed by atoms with Crippen LogP contribution in [0.1, 0.15) is 39.1 Å². The van der Waals surface area contributed by atoms with Gasteiger partial charge in [0.05, 0.1) is 11.4 Å². The zero-order chi connectivity index (χ0) is 13.5. The molecule has 0 aliphatic carbocycles. The highest BCUT2D eigenvalue weighted by atomic mass is 15.1. The van der Waals surface area contributed by atoms with Gasteiger partial charge in [-0.15, -0.1) is 0 Å². The summed E-state index contributed by atoms with van der Waals surface area (Å²) in [6.07, 6.45) is 0. The topological polar surface area (TPSA) is 28.2 Å². The van der Waals surface area contributed by atoms with Crippen LogP contribution in [0.15, 0.2) is 18.2 Å². The van der Waals surface area contributed by atoms with E-state index in [4.69, 9.17) is 0 Å². The molecule has 0 bridgehead atoms. The smallest absolute Gasteiger partial charge is 0.0547 e. The Balaban J connectivity index is 2.53. The maximum absolute atomic E-state index is 4.69. The van der Waals surface area contributed by atoms with Crippen LogP contribution in [-0.2, 0) is 13.1 Å². The lowest BCUT2D eigenvalue weighted by Crippen LogP contribution is -2.24. The van der Waals surface area contributed by atoms with E-state index in [1.165, 1.54) is 0 Å². The molecule has 0 aromatic carbocycles. The molecule has 0 saturated carbocycles. The predicted octanol–water partition coefficient (Wildman–Crippen LogP) is 2.67. The van der Waals surface area contributed by atoms with Crippen LogP contribution in [0.3, 0.4) is 0 Å². The lowest BCUT2D eigenvalue weighted by molar-refractivity contribution is 0.285. The van der Waals surface area contributed by atoms with Gasteiger partial charge in [0.1, 0.15) is 0 Å². The van der Waals surface area contributed by atoms with Crippen molar-refractivity contribution in [2.24, 2.45) is 5.92 Å². The van der Waals surface area contributed by atoms with Gasteiger partial charge in [0.25, 0.3) is 0 Å². The summed E-state index contributed by atoms with van der Waals surface area (Å²) in [4.78, 5) is 7.01. The Kier molecular flexibility index (Phi) is 6.30. The Labute approximate surface area is 112 Å². The Bertz CT molecular complexity index is 347. The average Bonchev–Trinajstić information content (AvgIpc) is 2.25. The third-order valence-electron chi connectivity index (χ3n) is 2.66. The highest BCUT2D eigenvalue weighted by molar-refractivity contribution is 5.11. The normalized spacial score (nSPS) is 11.8. The fourth-order valence-corrected chi connectivity index (χ4v) is 1.99. The highest BCUT2D eigenvalue weighted by Gasteiger charge is 2.05. The minimum absolute atomic E-state index is 0.499. The quantitative estimate of drug-likeness (QED) is 0.805. The Morgan fingerprint density at radius 2 is 1.83 bits per heavy atom. The van der Waals surface area contributed by atoms with Gasteiger partial charge >= 0.3 is 0 Å². The summed E-state index contributed by atoms with van der Waals surface area (Å²) in [5.74, 6) is 0.695. The van der Waals surface area contributed by atoms with Crippen LogP contribution in [0.4, 0.5) is 0 Å². The number of nitrogens with one attached hydrogen (secondary N) is 1. The number of rotatable bonds is 7. The van der Waals surface area contributed by atoms with Crippen molar-refractivity contribution in [1.29, 1.82) is 0 Å². The van der Waals surface area contributed by atoms with E-state index >= 15 is 0 Å². The molecule has 0 aliphatic heterocycles. The molecular weight excluding hydrogens is 222 g/mol. The number of aromatic nitrogens is 1. The molecule has 3 nitrogen and oxygen atoms in total. The molecule has 1 aromatic rings. The molecule has 18 heavy (non-hydrogen) atoms. The van der Waals surface area contributed by atoms with Gasteiger partial charge in [-0.2, -0.15) is 0 Å². The SMILES string of the molecule is CC(C)CN(C)Cc1cccc(CNC(C)C)n1. The van der Waals surface area contributed by atoms with E-state index in [1.807, 2.05) is 0 Å². The Morgan fingerprint density at radius 3 is 2.44 bits per heavy atom. The average molecular weight is 249 g/mol. The Hall–Kier alpha value is -0.930. The standard InChI is InChI=1S/C15H27N3/c1-12(2)10-18(5)11-15-8-6-7-14(17-15)9-16-13(3)4/h6-8,12-13,16H,9-11H2,1-5H3. The second kappa shape index (κ2) is 7.49. The highest BCUT2D eigenvalue weighted by Crippen LogP contribution is 2.05. The van der Waals surface area contributed by atoms with Gasteiger partial charge in [-0.05, 0) is 25.1 Å². The maximum Gasteiger partial charge on any atom is 0.0547 e. The first-order valence-corrected chi connectivity index (χ1v) is 6.84. The van der Waals surface area contributed by atoms with E-state index in [0.717, 1.165) is 31.0 Å². The van der Waals surface area contributed by atoms with E-state index in [0.29, 0.717) is 12.0 Å². The molecular formula is C15H27N3. The van der Waals surface area contributed by atoms with E-state index in [1.54, 1.807) is 0 Å². The summed E-state index contributed by atoms with van der Waals surface area (Å²) in [7, 11) is 2.15. The molecule has 0 fully saturated rings. The lowest BCUT2D eigenvalue weighted by Gasteiger charge is -2.18. The molecule has 0 saturated heterocycles. The fourth-order valence-electron chi connectivity index (χ4n) is 1.99. The van der Waals surface area contributed by atoms with Gasteiger partial charge in [0.15, 0.2) is 0 Å². The Morgan fingerprint density at radius 1 is 1.17 bits per heavy atom. The third kappa shape index (κ3) is 6.12. The van der Waals surface area contributed by atoms with E-state index in [-0.39, 0.29) is 0 Å². The predicted molar refractivity (Wildman–Crippen MR) is 77.4 cm³/mol. The molecule has 0 aliphatic rings. The van der Waals surface area contributed by atoms with E-state index in [9.17, 15) is 0 Å². The van der Waals surface area contributed by atoms with Crippen LogP contribution < -0.4 is 5.32 Å². The second-order valence-corrected chi connectivity index (χ2v) is 5.75. The van der Waals surface area contributed by atoms with Crippen molar-refractivity contribution in [2.75, 3.05) is 13.6 Å². The van der Waals surface area contributed by atoms with Crippen molar-refractivity contribution < 1.29 is 0 Å². The van der Waals surface area contributed by atoms with Crippen LogP contribution >= 0.6 is 0 Å². The zero-order valence-electron chi connectivity index (χ0n) is 12.4. The molecule has 0 spiro atoms. The second-order valence-electron chi connectivity index (χ2n) is 5.75. The summed E-state index contributed by atoms with van der Waals surface area (Å²) < 4.78 is 0. The van der Waals surface area contributed by atoms with Gasteiger partial charge in [0.2, 0.25) is 0 Å². The molecule has 0 radical (unpaired) electrons. The minimum atomic E-state index is 0.499. The van der Waals surface area contributed by atoms with E-state index in [2.05, 4.69) is 68.1 Å². The minimum Gasteiger partial charge on any atom is -0.309 e. The van der Waals surface area contributed by atoms with Crippen LogP contribution in [-0.4, -0.2) is 29.5 Å². The van der Waals surface area contributed by atoms with Crippen LogP contribution in [0.5, 0.6) is 0 Å². The molecule has 1 heterocycles. The number of nitrogens with zero attached hydrogens (tertiary/aromatic N) is 2. The maximum atomic E-state index is 4.69. The van der Waals surface area contributed by atoms with Crippen LogP contribution in [0.2, 0.25) is 0 Å². The summed E-state index contributed by atoms with van der Waals surface area (Å²) in [6.45, 7) is 11.7. The van der Waals surface area contributed by atoms with Crippen molar-refractivity contribution in [3.63, 3.8) is 0 Å².